The standard InChI is InChI=1S/C20H18FN5O2S/c1-2-4-14-5-3-6-15(18(14)28)11-22-24-19-23-20(26-25-19)29-12-17(27)13-7-9-16(21)10-8-13/h2-3,5-11,28H,1,4,12H2,(H2,23,24,25,26)/b22-11+. The third-order valence-corrected chi connectivity index (χ3v) is 4.70. The van der Waals surface area contributed by atoms with Gasteiger partial charge in [-0.05, 0) is 42.3 Å². The zero-order valence-electron chi connectivity index (χ0n) is 15.3. The number of nitrogens with one attached hydrogen (secondary N) is 2. The van der Waals surface area contributed by atoms with Gasteiger partial charge in [-0.3, -0.25) is 4.79 Å². The summed E-state index contributed by atoms with van der Waals surface area (Å²) in [6.07, 6.45) is 3.73. The Morgan fingerprint density at radius 1 is 1.31 bits per heavy atom. The van der Waals surface area contributed by atoms with Crippen LogP contribution in [0, 0.1) is 5.82 Å². The van der Waals surface area contributed by atoms with Crippen LogP contribution < -0.4 is 5.43 Å². The number of hydrogen-bond acceptors (Lipinski definition) is 7. The minimum Gasteiger partial charge on any atom is -0.507 e. The molecule has 1 heterocycles. The molecule has 0 amide bonds. The Labute approximate surface area is 170 Å². The van der Waals surface area contributed by atoms with Gasteiger partial charge in [0.25, 0.3) is 0 Å². The predicted molar refractivity (Wildman–Crippen MR) is 111 cm³/mol. The van der Waals surface area contributed by atoms with E-state index in [1.54, 1.807) is 12.1 Å². The molecule has 1 aromatic heterocycles. The van der Waals surface area contributed by atoms with Crippen molar-refractivity contribution in [2.24, 2.45) is 5.10 Å². The Bertz CT molecular complexity index is 1030. The Balaban J connectivity index is 1.54. The summed E-state index contributed by atoms with van der Waals surface area (Å²) in [6.45, 7) is 3.66. The number of aromatic nitrogens is 3. The van der Waals surface area contributed by atoms with E-state index >= 15 is 0 Å². The Kier molecular flexibility index (Phi) is 6.75. The summed E-state index contributed by atoms with van der Waals surface area (Å²) in [5.74, 6) is 0.0177. The van der Waals surface area contributed by atoms with Gasteiger partial charge in [-0.2, -0.15) is 10.1 Å². The number of phenols is 1. The van der Waals surface area contributed by atoms with Crippen LogP contribution in [0.4, 0.5) is 10.3 Å². The molecule has 0 aliphatic rings. The van der Waals surface area contributed by atoms with Crippen molar-refractivity contribution in [1.82, 2.24) is 15.2 Å². The normalized spacial score (nSPS) is 10.9. The lowest BCUT2D eigenvalue weighted by atomic mass is 10.1. The number of ketones is 1. The maximum absolute atomic E-state index is 12.9. The molecule has 0 atom stereocenters. The van der Waals surface area contributed by atoms with E-state index in [1.165, 1.54) is 30.5 Å². The topological polar surface area (TPSA) is 103 Å². The van der Waals surface area contributed by atoms with Gasteiger partial charge in [-0.25, -0.2) is 14.9 Å². The molecule has 0 radical (unpaired) electrons. The average Bonchev–Trinajstić information content (AvgIpc) is 3.17. The molecule has 0 spiro atoms. The number of carbonyl (C=O) groups excluding carboxylic acids is 1. The summed E-state index contributed by atoms with van der Waals surface area (Å²) in [5.41, 5.74) is 4.42. The molecule has 2 aromatic carbocycles. The summed E-state index contributed by atoms with van der Waals surface area (Å²) in [4.78, 5) is 16.3. The Morgan fingerprint density at radius 3 is 2.86 bits per heavy atom. The number of halogens is 1. The minimum atomic E-state index is -0.389. The first-order chi connectivity index (χ1) is 14.1. The number of nitrogens with zero attached hydrogens (tertiary/aromatic N) is 3. The zero-order valence-corrected chi connectivity index (χ0v) is 16.1. The molecule has 7 nitrogen and oxygen atoms in total. The van der Waals surface area contributed by atoms with Gasteiger partial charge in [-0.15, -0.1) is 11.7 Å². The van der Waals surface area contributed by atoms with Gasteiger partial charge < -0.3 is 5.11 Å². The number of anilines is 1. The Hall–Kier alpha value is -3.46. The SMILES string of the molecule is C=CCc1cccc(/C=N/Nc2nc(SCC(=O)c3ccc(F)cc3)n[nH]2)c1O. The third-order valence-electron chi connectivity index (χ3n) is 3.85. The van der Waals surface area contributed by atoms with Gasteiger partial charge in [-0.1, -0.05) is 30.0 Å². The van der Waals surface area contributed by atoms with Crippen molar-refractivity contribution in [2.45, 2.75) is 11.6 Å². The van der Waals surface area contributed by atoms with Gasteiger partial charge in [0.2, 0.25) is 11.1 Å². The van der Waals surface area contributed by atoms with Gasteiger partial charge in [0, 0.05) is 11.1 Å². The van der Waals surface area contributed by atoms with Gasteiger partial charge in [0.15, 0.2) is 5.78 Å². The largest absolute Gasteiger partial charge is 0.507 e. The van der Waals surface area contributed by atoms with E-state index in [4.69, 9.17) is 0 Å². The first kappa shape index (κ1) is 20.3. The molecule has 0 aliphatic heterocycles. The summed E-state index contributed by atoms with van der Waals surface area (Å²) >= 11 is 1.15. The lowest BCUT2D eigenvalue weighted by Crippen LogP contribution is -2.02. The molecule has 0 saturated carbocycles. The molecule has 9 heteroatoms. The monoisotopic (exact) mass is 411 g/mol. The lowest BCUT2D eigenvalue weighted by Gasteiger charge is -2.04. The minimum absolute atomic E-state index is 0.121. The van der Waals surface area contributed by atoms with E-state index in [1.807, 2.05) is 12.1 Å². The number of phenolic OH excluding ortho intramolecular Hbond substituents is 1. The molecule has 0 fully saturated rings. The van der Waals surface area contributed by atoms with Crippen molar-refractivity contribution in [2.75, 3.05) is 11.2 Å². The summed E-state index contributed by atoms with van der Waals surface area (Å²) in [6, 6.07) is 10.7. The van der Waals surface area contributed by atoms with Crippen LogP contribution in [-0.2, 0) is 6.42 Å². The first-order valence-corrected chi connectivity index (χ1v) is 9.60. The van der Waals surface area contributed by atoms with Crippen molar-refractivity contribution >= 4 is 29.7 Å². The molecule has 0 aliphatic carbocycles. The van der Waals surface area contributed by atoms with Gasteiger partial charge in [0.1, 0.15) is 11.6 Å². The number of hydrogen-bond donors (Lipinski definition) is 3. The highest BCUT2D eigenvalue weighted by atomic mass is 32.2. The van der Waals surface area contributed by atoms with E-state index in [0.717, 1.165) is 17.3 Å². The highest BCUT2D eigenvalue weighted by Crippen LogP contribution is 2.22. The van der Waals surface area contributed by atoms with Crippen LogP contribution in [0.2, 0.25) is 0 Å². The van der Waals surface area contributed by atoms with E-state index < -0.39 is 0 Å². The molecule has 0 bridgehead atoms. The molecule has 3 aromatic rings. The molecular formula is C20H18FN5O2S. The van der Waals surface area contributed by atoms with Crippen LogP contribution >= 0.6 is 11.8 Å². The van der Waals surface area contributed by atoms with E-state index in [2.05, 4.69) is 32.3 Å². The number of rotatable bonds is 9. The maximum Gasteiger partial charge on any atom is 0.240 e. The first-order valence-electron chi connectivity index (χ1n) is 8.61. The highest BCUT2D eigenvalue weighted by molar-refractivity contribution is 7.99. The number of aromatic amines is 1. The number of aromatic hydroxyl groups is 1. The van der Waals surface area contributed by atoms with Crippen LogP contribution in [0.15, 0.2) is 65.4 Å². The molecule has 0 saturated heterocycles. The van der Waals surface area contributed by atoms with Crippen LogP contribution in [0.25, 0.3) is 0 Å². The average molecular weight is 411 g/mol. The summed E-state index contributed by atoms with van der Waals surface area (Å²) in [5, 5.41) is 21.3. The number of allylic oxidation sites excluding steroid dienone is 1. The van der Waals surface area contributed by atoms with Crippen molar-refractivity contribution in [3.8, 4) is 5.75 Å². The van der Waals surface area contributed by atoms with Crippen molar-refractivity contribution in [3.05, 3.63) is 77.6 Å². The molecular weight excluding hydrogens is 393 g/mol. The third kappa shape index (κ3) is 5.52. The second kappa shape index (κ2) is 9.65. The van der Waals surface area contributed by atoms with Crippen molar-refractivity contribution in [1.29, 1.82) is 0 Å². The quantitative estimate of drug-likeness (QED) is 0.163. The van der Waals surface area contributed by atoms with Crippen molar-refractivity contribution in [3.63, 3.8) is 0 Å². The number of para-hydroxylation sites is 1. The maximum atomic E-state index is 12.9. The second-order valence-corrected chi connectivity index (χ2v) is 6.85. The van der Waals surface area contributed by atoms with Crippen LogP contribution in [-0.4, -0.2) is 38.0 Å². The predicted octanol–water partition coefficient (Wildman–Crippen LogP) is 3.80. The molecule has 29 heavy (non-hydrogen) atoms. The molecule has 148 valence electrons. The number of hydrazone groups is 1. The van der Waals surface area contributed by atoms with E-state index in [0.29, 0.717) is 28.7 Å². The van der Waals surface area contributed by atoms with Crippen LogP contribution in [0.3, 0.4) is 0 Å². The number of Topliss-reactive ketones (excluding diaryl/α,β-unsaturated/α-hetero) is 1. The van der Waals surface area contributed by atoms with Gasteiger partial charge in [0.05, 0.1) is 12.0 Å². The van der Waals surface area contributed by atoms with E-state index in [-0.39, 0.29) is 23.1 Å². The molecule has 0 unspecified atom stereocenters. The summed E-state index contributed by atoms with van der Waals surface area (Å²) < 4.78 is 12.9. The van der Waals surface area contributed by atoms with Gasteiger partial charge >= 0.3 is 0 Å². The van der Waals surface area contributed by atoms with E-state index in [9.17, 15) is 14.3 Å². The van der Waals surface area contributed by atoms with Crippen LogP contribution in [0.5, 0.6) is 5.75 Å². The highest BCUT2D eigenvalue weighted by Gasteiger charge is 2.10. The molecule has 3 rings (SSSR count). The number of thioether (sulfide) groups is 1. The fourth-order valence-corrected chi connectivity index (χ4v) is 3.10. The number of H-pyrrole nitrogens is 1. The second-order valence-electron chi connectivity index (χ2n) is 5.90. The lowest BCUT2D eigenvalue weighted by molar-refractivity contribution is 0.102. The van der Waals surface area contributed by atoms with Crippen LogP contribution in [0.1, 0.15) is 21.5 Å². The smallest absolute Gasteiger partial charge is 0.240 e. The number of carbonyl (C=O) groups is 1. The zero-order chi connectivity index (χ0) is 20.6. The molecule has 3 N–H and O–H groups in total. The van der Waals surface area contributed by atoms with Crippen molar-refractivity contribution < 1.29 is 14.3 Å². The number of benzene rings is 2. The fraction of sp³-hybridized carbons (Fsp3) is 0.100. The fourth-order valence-electron chi connectivity index (χ4n) is 2.41. The summed E-state index contributed by atoms with van der Waals surface area (Å²) in [7, 11) is 0. The Morgan fingerprint density at radius 2 is 2.10 bits per heavy atom.